The third-order valence-electron chi connectivity index (χ3n) is 5.78. The highest BCUT2D eigenvalue weighted by molar-refractivity contribution is 5.92. The molecule has 0 aromatic heterocycles. The second-order valence-electron chi connectivity index (χ2n) is 10.5. The summed E-state index contributed by atoms with van der Waals surface area (Å²) in [6, 6.07) is 3.78. The highest BCUT2D eigenvalue weighted by atomic mass is 16.6. The van der Waals surface area contributed by atoms with Gasteiger partial charge in [-0.25, -0.2) is 4.79 Å². The number of rotatable bonds is 14. The first-order valence-corrected chi connectivity index (χ1v) is 13.2. The van der Waals surface area contributed by atoms with Crippen molar-refractivity contribution < 1.29 is 23.9 Å². The summed E-state index contributed by atoms with van der Waals surface area (Å²) >= 11 is 0. The molecule has 0 saturated carbocycles. The molecule has 2 atom stereocenters. The maximum Gasteiger partial charge on any atom is 0.408 e. The molecular weight excluding hydrogens is 472 g/mol. The van der Waals surface area contributed by atoms with Crippen molar-refractivity contribution in [3.63, 3.8) is 0 Å². The average Bonchev–Trinajstić information content (AvgIpc) is 2.78. The summed E-state index contributed by atoms with van der Waals surface area (Å²) in [4.78, 5) is 53.1. The third kappa shape index (κ3) is 11.2. The normalized spacial score (nSPS) is 12.8. The van der Waals surface area contributed by atoms with Gasteiger partial charge in [-0.3, -0.25) is 14.4 Å². The fraction of sp³-hybridized carbons (Fsp3) is 0.643. The molecule has 37 heavy (non-hydrogen) atoms. The molecule has 4 amide bonds. The Hall–Kier alpha value is -3.10. The number of nitrogens with two attached hydrogens (primary N) is 1. The molecule has 2 unspecified atom stereocenters. The minimum atomic E-state index is -1.09. The largest absolute Gasteiger partial charge is 0.444 e. The molecule has 0 heterocycles. The number of amides is 4. The van der Waals surface area contributed by atoms with E-state index in [0.717, 1.165) is 30.4 Å². The molecular formula is C28H46N4O5. The smallest absolute Gasteiger partial charge is 0.408 e. The van der Waals surface area contributed by atoms with Gasteiger partial charge in [-0.05, 0) is 65.0 Å². The molecule has 0 aliphatic heterocycles. The SMILES string of the molecule is CCCCCNC(=O)C(c1ccc(C)cc1C)N(CCC)C(=O)C(CCC(N)=O)NC(=O)OC(C)(C)C. The monoisotopic (exact) mass is 518 g/mol. The molecule has 1 aromatic rings. The standard InChI is InChI=1S/C28H46N4O5/c1-8-10-11-16-30-25(34)24(21-13-12-19(3)18-20(21)4)32(17-9-2)26(35)22(14-15-23(29)33)31-27(36)37-28(5,6)7/h12-13,18,22,24H,8-11,14-17H2,1-7H3,(H2,29,33)(H,30,34)(H,31,36). The summed E-state index contributed by atoms with van der Waals surface area (Å²) in [6.45, 7) is 13.8. The lowest BCUT2D eigenvalue weighted by Crippen LogP contribution is -2.53. The van der Waals surface area contributed by atoms with Crippen molar-refractivity contribution in [3.8, 4) is 0 Å². The Morgan fingerprint density at radius 2 is 1.73 bits per heavy atom. The molecule has 0 bridgehead atoms. The Morgan fingerprint density at radius 3 is 2.27 bits per heavy atom. The van der Waals surface area contributed by atoms with Crippen LogP contribution in [0, 0.1) is 13.8 Å². The van der Waals surface area contributed by atoms with E-state index in [-0.39, 0.29) is 25.3 Å². The zero-order valence-electron chi connectivity index (χ0n) is 23.6. The minimum Gasteiger partial charge on any atom is -0.444 e. The average molecular weight is 519 g/mol. The van der Waals surface area contributed by atoms with Crippen LogP contribution in [0.3, 0.4) is 0 Å². The molecule has 0 spiro atoms. The molecule has 0 saturated heterocycles. The Bertz CT molecular complexity index is 926. The number of nitrogens with one attached hydrogen (secondary N) is 2. The van der Waals surface area contributed by atoms with E-state index in [0.29, 0.717) is 18.5 Å². The predicted molar refractivity (Wildman–Crippen MR) is 145 cm³/mol. The number of ether oxygens (including phenoxy) is 1. The van der Waals surface area contributed by atoms with Gasteiger partial charge in [-0.1, -0.05) is 50.5 Å². The fourth-order valence-electron chi connectivity index (χ4n) is 4.07. The Balaban J connectivity index is 3.43. The molecule has 0 aliphatic rings. The molecule has 0 fully saturated rings. The van der Waals surface area contributed by atoms with Crippen LogP contribution in [0.5, 0.6) is 0 Å². The van der Waals surface area contributed by atoms with Gasteiger partial charge in [0.05, 0.1) is 0 Å². The first kappa shape index (κ1) is 31.9. The zero-order valence-corrected chi connectivity index (χ0v) is 23.6. The van der Waals surface area contributed by atoms with Crippen LogP contribution in [0.25, 0.3) is 0 Å². The van der Waals surface area contributed by atoms with E-state index >= 15 is 0 Å². The van der Waals surface area contributed by atoms with Gasteiger partial charge in [-0.2, -0.15) is 0 Å². The second-order valence-corrected chi connectivity index (χ2v) is 10.5. The van der Waals surface area contributed by atoms with Gasteiger partial charge in [0.1, 0.15) is 17.7 Å². The maximum atomic E-state index is 13.9. The number of carbonyl (C=O) groups excluding carboxylic acids is 4. The summed E-state index contributed by atoms with van der Waals surface area (Å²) in [5.41, 5.74) is 7.22. The Morgan fingerprint density at radius 1 is 1.05 bits per heavy atom. The predicted octanol–water partition coefficient (Wildman–Crippen LogP) is 4.05. The summed E-state index contributed by atoms with van der Waals surface area (Å²) < 4.78 is 5.35. The Labute approximate surface area is 221 Å². The minimum absolute atomic E-state index is 0.00859. The number of aryl methyl sites for hydroxylation is 2. The van der Waals surface area contributed by atoms with Crippen LogP contribution in [0.4, 0.5) is 4.79 Å². The second kappa shape index (κ2) is 15.2. The summed E-state index contributed by atoms with van der Waals surface area (Å²) in [5.74, 6) is -1.34. The summed E-state index contributed by atoms with van der Waals surface area (Å²) in [7, 11) is 0. The van der Waals surface area contributed by atoms with Crippen LogP contribution >= 0.6 is 0 Å². The quantitative estimate of drug-likeness (QED) is 0.320. The Kier molecular flexibility index (Phi) is 13.1. The van der Waals surface area contributed by atoms with Crippen LogP contribution in [0.1, 0.15) is 95.9 Å². The van der Waals surface area contributed by atoms with Gasteiger partial charge >= 0.3 is 6.09 Å². The van der Waals surface area contributed by atoms with Gasteiger partial charge in [0.25, 0.3) is 0 Å². The first-order valence-electron chi connectivity index (χ1n) is 13.2. The van der Waals surface area contributed by atoms with E-state index < -0.39 is 35.6 Å². The number of nitrogens with zero attached hydrogens (tertiary/aromatic N) is 1. The number of alkyl carbamates (subject to hydrolysis) is 1. The van der Waals surface area contributed by atoms with Crippen LogP contribution in [0.2, 0.25) is 0 Å². The van der Waals surface area contributed by atoms with Crippen LogP contribution in [-0.4, -0.2) is 53.4 Å². The van der Waals surface area contributed by atoms with Gasteiger partial charge in [0.2, 0.25) is 17.7 Å². The van der Waals surface area contributed by atoms with E-state index in [1.54, 1.807) is 20.8 Å². The summed E-state index contributed by atoms with van der Waals surface area (Å²) in [5, 5.41) is 5.60. The van der Waals surface area contributed by atoms with Crippen LogP contribution < -0.4 is 16.4 Å². The molecule has 1 aromatic carbocycles. The zero-order chi connectivity index (χ0) is 28.2. The maximum absolute atomic E-state index is 13.9. The molecule has 1 rings (SSSR count). The molecule has 208 valence electrons. The van der Waals surface area contributed by atoms with Gasteiger partial charge < -0.3 is 26.0 Å². The van der Waals surface area contributed by atoms with Gasteiger partial charge in [-0.15, -0.1) is 0 Å². The number of hydrogen-bond donors (Lipinski definition) is 3. The van der Waals surface area contributed by atoms with Gasteiger partial charge in [0, 0.05) is 19.5 Å². The van der Waals surface area contributed by atoms with Crippen LogP contribution in [-0.2, 0) is 19.1 Å². The fourth-order valence-corrected chi connectivity index (χ4v) is 4.07. The van der Waals surface area contributed by atoms with Crippen molar-refractivity contribution in [1.82, 2.24) is 15.5 Å². The lowest BCUT2D eigenvalue weighted by molar-refractivity contribution is -0.142. The lowest BCUT2D eigenvalue weighted by atomic mass is 9.96. The molecule has 0 radical (unpaired) electrons. The van der Waals surface area contributed by atoms with Crippen molar-refractivity contribution in [2.75, 3.05) is 13.1 Å². The van der Waals surface area contributed by atoms with Crippen molar-refractivity contribution >= 4 is 23.8 Å². The number of carbonyl (C=O) groups is 4. The van der Waals surface area contributed by atoms with Gasteiger partial charge in [0.15, 0.2) is 0 Å². The third-order valence-corrected chi connectivity index (χ3v) is 5.78. The lowest BCUT2D eigenvalue weighted by Gasteiger charge is -2.35. The highest BCUT2D eigenvalue weighted by Crippen LogP contribution is 2.27. The van der Waals surface area contributed by atoms with Crippen LogP contribution in [0.15, 0.2) is 18.2 Å². The first-order chi connectivity index (χ1) is 17.3. The van der Waals surface area contributed by atoms with Crippen molar-refractivity contribution in [2.24, 2.45) is 5.73 Å². The van der Waals surface area contributed by atoms with Crippen molar-refractivity contribution in [1.29, 1.82) is 0 Å². The molecule has 9 heteroatoms. The van der Waals surface area contributed by atoms with E-state index in [1.165, 1.54) is 4.90 Å². The van der Waals surface area contributed by atoms with E-state index in [2.05, 4.69) is 17.6 Å². The van der Waals surface area contributed by atoms with E-state index in [1.807, 2.05) is 39.0 Å². The van der Waals surface area contributed by atoms with Crippen molar-refractivity contribution in [3.05, 3.63) is 34.9 Å². The number of benzene rings is 1. The van der Waals surface area contributed by atoms with E-state index in [4.69, 9.17) is 10.5 Å². The number of primary amides is 1. The number of hydrogen-bond acceptors (Lipinski definition) is 5. The topological polar surface area (TPSA) is 131 Å². The summed E-state index contributed by atoms with van der Waals surface area (Å²) in [6.07, 6.45) is 2.54. The van der Waals surface area contributed by atoms with Crippen molar-refractivity contribution in [2.45, 2.75) is 105 Å². The molecule has 4 N–H and O–H groups in total. The molecule has 0 aliphatic carbocycles. The molecule has 9 nitrogen and oxygen atoms in total. The van der Waals surface area contributed by atoms with E-state index in [9.17, 15) is 19.2 Å². The number of unbranched alkanes of at least 4 members (excludes halogenated alkanes) is 2. The highest BCUT2D eigenvalue weighted by Gasteiger charge is 2.36.